The Hall–Kier alpha value is -2.55. The third-order valence-electron chi connectivity index (χ3n) is 2.88. The first-order valence-corrected chi connectivity index (χ1v) is 6.17. The van der Waals surface area contributed by atoms with Crippen molar-refractivity contribution in [3.63, 3.8) is 0 Å². The summed E-state index contributed by atoms with van der Waals surface area (Å²) in [7, 11) is 0. The number of benzene rings is 1. The summed E-state index contributed by atoms with van der Waals surface area (Å²) < 4.78 is 4.74. The summed E-state index contributed by atoms with van der Waals surface area (Å²) in [6.07, 6.45) is 0. The fourth-order valence-electron chi connectivity index (χ4n) is 1.76. The minimum Gasteiger partial charge on any atom is -0.322 e. The van der Waals surface area contributed by atoms with E-state index >= 15 is 0 Å². The number of rotatable bonds is 5. The summed E-state index contributed by atoms with van der Waals surface area (Å²) in [6, 6.07) is 8.43. The van der Waals surface area contributed by atoms with Crippen molar-refractivity contribution in [2.24, 2.45) is 0 Å². The minimum absolute atomic E-state index is 0.0102. The Labute approximate surface area is 122 Å². The molecule has 0 aliphatic rings. The highest BCUT2D eigenvalue weighted by atomic mass is 35.5. The minimum atomic E-state index is -2.89. The van der Waals surface area contributed by atoms with Gasteiger partial charge in [-0.05, 0) is 6.92 Å². The van der Waals surface area contributed by atoms with Gasteiger partial charge in [0.2, 0.25) is 5.82 Å². The molecule has 21 heavy (non-hydrogen) atoms. The summed E-state index contributed by atoms with van der Waals surface area (Å²) in [4.78, 5) is 23.9. The summed E-state index contributed by atoms with van der Waals surface area (Å²) in [5, 5.41) is 24.5. The standard InChI is InChI=1S/C11H9ClN4O5/c1-7(12)11(15(17)18,16(19)20)10-13-9(14-21-10)8-5-3-2-4-6-8/h2-7H,1H3. The molecule has 0 radical (unpaired) electrons. The van der Waals surface area contributed by atoms with Crippen molar-refractivity contribution in [2.45, 2.75) is 18.0 Å². The van der Waals surface area contributed by atoms with Crippen molar-refractivity contribution in [1.82, 2.24) is 10.1 Å². The number of nitrogens with zero attached hydrogens (tertiary/aromatic N) is 4. The monoisotopic (exact) mass is 312 g/mol. The maximum absolute atomic E-state index is 11.2. The molecule has 9 nitrogen and oxygen atoms in total. The lowest BCUT2D eigenvalue weighted by Gasteiger charge is -2.14. The molecule has 110 valence electrons. The third kappa shape index (κ3) is 2.31. The number of nitro groups is 2. The Bertz CT molecular complexity index is 658. The molecule has 0 saturated heterocycles. The molecule has 1 unspecified atom stereocenters. The van der Waals surface area contributed by atoms with Gasteiger partial charge in [-0.2, -0.15) is 4.98 Å². The topological polar surface area (TPSA) is 125 Å². The summed E-state index contributed by atoms with van der Waals surface area (Å²) in [5.74, 6) is -0.755. The molecule has 0 N–H and O–H groups in total. The maximum Gasteiger partial charge on any atom is 0.550 e. The predicted octanol–water partition coefficient (Wildman–Crippen LogP) is 2.07. The van der Waals surface area contributed by atoms with Crippen LogP contribution in [0.3, 0.4) is 0 Å². The van der Waals surface area contributed by atoms with Crippen molar-refractivity contribution < 1.29 is 14.4 Å². The quantitative estimate of drug-likeness (QED) is 0.358. The highest BCUT2D eigenvalue weighted by molar-refractivity contribution is 6.20. The molecule has 1 heterocycles. The van der Waals surface area contributed by atoms with E-state index in [0.29, 0.717) is 5.56 Å². The first-order valence-electron chi connectivity index (χ1n) is 5.73. The lowest BCUT2D eigenvalue weighted by atomic mass is 10.1. The van der Waals surface area contributed by atoms with Gasteiger partial charge in [-0.15, -0.1) is 11.6 Å². The SMILES string of the molecule is CC(Cl)C(c1nc(-c2ccccc2)no1)([N+](=O)[O-])[N+](=O)[O-]. The van der Waals surface area contributed by atoms with Gasteiger partial charge in [0.05, 0.1) is 0 Å². The van der Waals surface area contributed by atoms with E-state index in [1.807, 2.05) is 0 Å². The molecule has 0 aliphatic carbocycles. The van der Waals surface area contributed by atoms with Crippen LogP contribution in [0.2, 0.25) is 0 Å². The molecule has 0 bridgehead atoms. The van der Waals surface area contributed by atoms with Crippen LogP contribution >= 0.6 is 11.6 Å². The fourth-order valence-corrected chi connectivity index (χ4v) is 2.01. The van der Waals surface area contributed by atoms with Gasteiger partial charge in [0.25, 0.3) is 0 Å². The van der Waals surface area contributed by atoms with Crippen LogP contribution in [0.25, 0.3) is 11.4 Å². The number of aromatic nitrogens is 2. The normalized spacial score (nSPS) is 12.9. The Kier molecular flexibility index (Phi) is 3.85. The highest BCUT2D eigenvalue weighted by Gasteiger charge is 2.68. The van der Waals surface area contributed by atoms with Gasteiger partial charge >= 0.3 is 11.6 Å². The molecule has 0 aliphatic heterocycles. The van der Waals surface area contributed by atoms with Crippen LogP contribution in [0.5, 0.6) is 0 Å². The van der Waals surface area contributed by atoms with E-state index in [1.54, 1.807) is 30.3 Å². The molecule has 0 amide bonds. The average Bonchev–Trinajstić information content (AvgIpc) is 2.89. The molecule has 1 atom stereocenters. The second-order valence-corrected chi connectivity index (χ2v) is 4.80. The van der Waals surface area contributed by atoms with E-state index in [2.05, 4.69) is 10.1 Å². The molecule has 2 rings (SSSR count). The van der Waals surface area contributed by atoms with Crippen LogP contribution in [0.15, 0.2) is 34.9 Å². The molecule has 0 spiro atoms. The van der Waals surface area contributed by atoms with Gasteiger partial charge in [0.1, 0.15) is 9.85 Å². The molecular formula is C11H9ClN4O5. The maximum atomic E-state index is 11.2. The number of halogens is 1. The average molecular weight is 313 g/mol. The van der Waals surface area contributed by atoms with Crippen LogP contribution in [0.1, 0.15) is 12.8 Å². The molecule has 1 aromatic heterocycles. The predicted molar refractivity (Wildman–Crippen MR) is 70.7 cm³/mol. The molecular weight excluding hydrogens is 304 g/mol. The van der Waals surface area contributed by atoms with Crippen LogP contribution in [-0.2, 0) is 5.66 Å². The van der Waals surface area contributed by atoms with Crippen LogP contribution in [0, 0.1) is 20.2 Å². The van der Waals surface area contributed by atoms with E-state index in [4.69, 9.17) is 16.1 Å². The summed E-state index contributed by atoms with van der Waals surface area (Å²) in [6.45, 7) is 1.12. The summed E-state index contributed by atoms with van der Waals surface area (Å²) in [5.41, 5.74) is -2.38. The van der Waals surface area contributed by atoms with E-state index in [1.165, 1.54) is 0 Å². The Morgan fingerprint density at radius 3 is 2.29 bits per heavy atom. The zero-order chi connectivity index (χ0) is 15.6. The van der Waals surface area contributed by atoms with Gasteiger partial charge in [-0.25, -0.2) is 0 Å². The van der Waals surface area contributed by atoms with Gasteiger partial charge in [0, 0.05) is 5.56 Å². The number of hydrogen-bond donors (Lipinski definition) is 0. The first kappa shape index (κ1) is 14.9. The summed E-state index contributed by atoms with van der Waals surface area (Å²) >= 11 is 5.67. The lowest BCUT2D eigenvalue weighted by molar-refractivity contribution is -0.813. The zero-order valence-corrected chi connectivity index (χ0v) is 11.4. The Balaban J connectivity index is 2.56. The fraction of sp³-hybridized carbons (Fsp3) is 0.273. The number of alkyl halides is 1. The van der Waals surface area contributed by atoms with Gasteiger partial charge < -0.3 is 4.52 Å². The van der Waals surface area contributed by atoms with Crippen molar-refractivity contribution in [3.8, 4) is 11.4 Å². The van der Waals surface area contributed by atoms with Crippen molar-refractivity contribution in [3.05, 3.63) is 56.5 Å². The highest BCUT2D eigenvalue weighted by Crippen LogP contribution is 2.33. The molecule has 10 heteroatoms. The number of hydrogen-bond acceptors (Lipinski definition) is 7. The van der Waals surface area contributed by atoms with Crippen LogP contribution in [-0.4, -0.2) is 25.4 Å². The molecule has 0 saturated carbocycles. The van der Waals surface area contributed by atoms with E-state index in [-0.39, 0.29) is 5.82 Å². The van der Waals surface area contributed by atoms with E-state index < -0.39 is 26.8 Å². The van der Waals surface area contributed by atoms with Crippen molar-refractivity contribution in [1.29, 1.82) is 0 Å². The first-order chi connectivity index (χ1) is 9.90. The second kappa shape index (κ2) is 5.44. The van der Waals surface area contributed by atoms with Gasteiger partial charge in [0.15, 0.2) is 5.38 Å². The Morgan fingerprint density at radius 2 is 1.81 bits per heavy atom. The molecule has 0 fully saturated rings. The second-order valence-electron chi connectivity index (χ2n) is 4.15. The largest absolute Gasteiger partial charge is 0.550 e. The van der Waals surface area contributed by atoms with Crippen molar-refractivity contribution in [2.75, 3.05) is 0 Å². The third-order valence-corrected chi connectivity index (χ3v) is 3.19. The Morgan fingerprint density at radius 1 is 1.24 bits per heavy atom. The van der Waals surface area contributed by atoms with Crippen LogP contribution < -0.4 is 0 Å². The zero-order valence-electron chi connectivity index (χ0n) is 10.7. The van der Waals surface area contributed by atoms with Crippen LogP contribution in [0.4, 0.5) is 0 Å². The van der Waals surface area contributed by atoms with Gasteiger partial charge in [-0.1, -0.05) is 35.5 Å². The molecule has 2 aromatic rings. The van der Waals surface area contributed by atoms with Gasteiger partial charge in [-0.3, -0.25) is 20.2 Å². The smallest absolute Gasteiger partial charge is 0.322 e. The van der Waals surface area contributed by atoms with Crippen molar-refractivity contribution >= 4 is 11.6 Å². The van der Waals surface area contributed by atoms with E-state index in [0.717, 1.165) is 6.92 Å². The van der Waals surface area contributed by atoms with E-state index in [9.17, 15) is 20.2 Å². The lowest BCUT2D eigenvalue weighted by Crippen LogP contribution is -2.50. The molecule has 1 aromatic carbocycles.